The van der Waals surface area contributed by atoms with Crippen molar-refractivity contribution in [3.63, 3.8) is 0 Å². The number of fused-ring (bicyclic) bond motifs is 2. The Labute approximate surface area is 186 Å². The molecule has 1 aliphatic heterocycles. The molecule has 0 radical (unpaired) electrons. The number of carbonyl (C=O) groups is 1. The number of ether oxygens (including phenoxy) is 1. The Kier molecular flexibility index (Phi) is 4.99. The van der Waals surface area contributed by atoms with Crippen molar-refractivity contribution in [3.8, 4) is 17.1 Å². The Morgan fingerprint density at radius 1 is 1.06 bits per heavy atom. The predicted molar refractivity (Wildman–Crippen MR) is 112 cm³/mol. The SMILES string of the molecule is CC(c1ccccc1OC(F)(F)F)N1CCc2nc(-c3cccc4cnnn34)ccc2C1=O. The van der Waals surface area contributed by atoms with E-state index < -0.39 is 12.4 Å². The van der Waals surface area contributed by atoms with Crippen LogP contribution in [0.4, 0.5) is 13.2 Å². The Bertz CT molecular complexity index is 1350. The second kappa shape index (κ2) is 7.88. The second-order valence-electron chi connectivity index (χ2n) is 7.68. The van der Waals surface area contributed by atoms with Crippen LogP contribution in [0, 0.1) is 0 Å². The zero-order chi connectivity index (χ0) is 23.2. The summed E-state index contributed by atoms with van der Waals surface area (Å²) in [5.74, 6) is -0.603. The highest BCUT2D eigenvalue weighted by Crippen LogP contribution is 2.35. The standard InChI is InChI=1S/C23H18F3N5O2/c1-14(16-6-2-3-8-21(16)33-23(24,25)26)30-12-11-18-17(22(30)32)9-10-19(28-18)20-7-4-5-15-13-27-29-31(15)20/h2-10,13-14H,11-12H2,1H3. The summed E-state index contributed by atoms with van der Waals surface area (Å²) in [6.07, 6.45) is -2.71. The van der Waals surface area contributed by atoms with E-state index in [2.05, 4.69) is 20.0 Å². The maximum atomic E-state index is 13.2. The summed E-state index contributed by atoms with van der Waals surface area (Å²) in [6.45, 7) is 2.01. The van der Waals surface area contributed by atoms with Crippen molar-refractivity contribution in [1.82, 2.24) is 24.7 Å². The lowest BCUT2D eigenvalue weighted by Gasteiger charge is -2.34. The summed E-state index contributed by atoms with van der Waals surface area (Å²) in [5, 5.41) is 8.00. The van der Waals surface area contributed by atoms with Crippen LogP contribution in [-0.2, 0) is 6.42 Å². The molecule has 10 heteroatoms. The van der Waals surface area contributed by atoms with Crippen molar-refractivity contribution in [2.75, 3.05) is 6.54 Å². The summed E-state index contributed by atoms with van der Waals surface area (Å²) in [5.41, 5.74) is 3.57. The van der Waals surface area contributed by atoms with E-state index in [0.29, 0.717) is 29.9 Å². The fourth-order valence-electron chi connectivity index (χ4n) is 4.14. The van der Waals surface area contributed by atoms with Crippen LogP contribution >= 0.6 is 0 Å². The van der Waals surface area contributed by atoms with Crippen molar-refractivity contribution < 1.29 is 22.7 Å². The molecule has 4 heterocycles. The number of pyridine rings is 2. The van der Waals surface area contributed by atoms with E-state index >= 15 is 0 Å². The predicted octanol–water partition coefficient (Wildman–Crippen LogP) is 4.45. The normalized spacial score (nSPS) is 14.9. The lowest BCUT2D eigenvalue weighted by atomic mass is 9.98. The molecular formula is C23H18F3N5O2. The van der Waals surface area contributed by atoms with Gasteiger partial charge in [-0.2, -0.15) is 0 Å². The molecule has 0 aliphatic carbocycles. The van der Waals surface area contributed by atoms with Gasteiger partial charge in [-0.3, -0.25) is 9.78 Å². The van der Waals surface area contributed by atoms with Gasteiger partial charge in [0.05, 0.1) is 40.4 Å². The third kappa shape index (κ3) is 3.88. The van der Waals surface area contributed by atoms with Crippen LogP contribution in [0.2, 0.25) is 0 Å². The first-order valence-electron chi connectivity index (χ1n) is 10.3. The molecular weight excluding hydrogens is 435 g/mol. The minimum absolute atomic E-state index is 0.286. The summed E-state index contributed by atoms with van der Waals surface area (Å²) in [7, 11) is 0. The number of rotatable bonds is 4. The Hall–Kier alpha value is -3.95. The molecule has 5 rings (SSSR count). The molecule has 0 saturated heterocycles. The van der Waals surface area contributed by atoms with Gasteiger partial charge in [0.15, 0.2) is 0 Å². The quantitative estimate of drug-likeness (QED) is 0.457. The molecule has 3 aromatic heterocycles. The zero-order valence-electron chi connectivity index (χ0n) is 17.5. The van der Waals surface area contributed by atoms with E-state index in [1.165, 1.54) is 18.2 Å². The van der Waals surface area contributed by atoms with Crippen LogP contribution in [0.3, 0.4) is 0 Å². The van der Waals surface area contributed by atoms with E-state index in [1.807, 2.05) is 18.2 Å². The fourth-order valence-corrected chi connectivity index (χ4v) is 4.14. The number of para-hydroxylation sites is 1. The van der Waals surface area contributed by atoms with Gasteiger partial charge in [0.25, 0.3) is 5.91 Å². The number of hydrogen-bond acceptors (Lipinski definition) is 5. The van der Waals surface area contributed by atoms with Gasteiger partial charge in [0, 0.05) is 18.5 Å². The number of amides is 1. The van der Waals surface area contributed by atoms with Crippen molar-refractivity contribution in [1.29, 1.82) is 0 Å². The van der Waals surface area contributed by atoms with E-state index in [-0.39, 0.29) is 17.2 Å². The first-order valence-corrected chi connectivity index (χ1v) is 10.3. The Balaban J connectivity index is 1.45. The molecule has 0 N–H and O–H groups in total. The van der Waals surface area contributed by atoms with Crippen molar-refractivity contribution in [3.05, 3.63) is 77.6 Å². The number of carbonyl (C=O) groups excluding carboxylic acids is 1. The maximum Gasteiger partial charge on any atom is 0.573 e. The fraction of sp³-hybridized carbons (Fsp3) is 0.217. The largest absolute Gasteiger partial charge is 0.573 e. The number of aromatic nitrogens is 4. The highest BCUT2D eigenvalue weighted by Gasteiger charge is 2.35. The van der Waals surface area contributed by atoms with E-state index in [1.54, 1.807) is 40.7 Å². The van der Waals surface area contributed by atoms with Gasteiger partial charge < -0.3 is 9.64 Å². The van der Waals surface area contributed by atoms with Gasteiger partial charge in [-0.25, -0.2) is 4.52 Å². The molecule has 168 valence electrons. The van der Waals surface area contributed by atoms with Gasteiger partial charge >= 0.3 is 6.36 Å². The van der Waals surface area contributed by atoms with Crippen LogP contribution in [0.1, 0.15) is 34.6 Å². The minimum atomic E-state index is -4.82. The van der Waals surface area contributed by atoms with Gasteiger partial charge in [-0.15, -0.1) is 18.3 Å². The molecule has 33 heavy (non-hydrogen) atoms. The molecule has 4 aromatic rings. The molecule has 7 nitrogen and oxygen atoms in total. The molecule has 1 aliphatic rings. The van der Waals surface area contributed by atoms with Crippen LogP contribution in [0.15, 0.2) is 60.8 Å². The average molecular weight is 453 g/mol. The molecule has 0 fully saturated rings. The minimum Gasteiger partial charge on any atom is -0.405 e. The van der Waals surface area contributed by atoms with Gasteiger partial charge in [-0.1, -0.05) is 29.5 Å². The third-order valence-electron chi connectivity index (χ3n) is 5.70. The maximum absolute atomic E-state index is 13.2. The molecule has 0 bridgehead atoms. The molecule has 0 spiro atoms. The topological polar surface area (TPSA) is 72.6 Å². The first-order chi connectivity index (χ1) is 15.8. The lowest BCUT2D eigenvalue weighted by Crippen LogP contribution is -2.40. The van der Waals surface area contributed by atoms with E-state index in [0.717, 1.165) is 11.2 Å². The molecule has 1 amide bonds. The zero-order valence-corrected chi connectivity index (χ0v) is 17.5. The second-order valence-corrected chi connectivity index (χ2v) is 7.68. The van der Waals surface area contributed by atoms with Gasteiger partial charge in [0.1, 0.15) is 5.75 Å². The monoisotopic (exact) mass is 453 g/mol. The average Bonchev–Trinajstić information content (AvgIpc) is 3.27. The van der Waals surface area contributed by atoms with Gasteiger partial charge in [-0.05, 0) is 37.3 Å². The summed E-state index contributed by atoms with van der Waals surface area (Å²) < 4.78 is 44.4. The molecule has 0 saturated carbocycles. The summed E-state index contributed by atoms with van der Waals surface area (Å²) in [4.78, 5) is 19.5. The molecule has 1 unspecified atom stereocenters. The van der Waals surface area contributed by atoms with E-state index in [4.69, 9.17) is 0 Å². The number of nitrogens with zero attached hydrogens (tertiary/aromatic N) is 5. The van der Waals surface area contributed by atoms with Crippen molar-refractivity contribution in [2.24, 2.45) is 0 Å². The summed E-state index contributed by atoms with van der Waals surface area (Å²) in [6, 6.07) is 14.3. The number of halogens is 3. The highest BCUT2D eigenvalue weighted by atomic mass is 19.4. The molecule has 1 atom stereocenters. The van der Waals surface area contributed by atoms with Crippen LogP contribution in [-0.4, -0.2) is 43.5 Å². The number of benzene rings is 1. The number of hydrogen-bond donors (Lipinski definition) is 0. The van der Waals surface area contributed by atoms with E-state index in [9.17, 15) is 18.0 Å². The van der Waals surface area contributed by atoms with Crippen LogP contribution in [0.25, 0.3) is 16.9 Å². The Morgan fingerprint density at radius 2 is 1.88 bits per heavy atom. The Morgan fingerprint density at radius 3 is 2.70 bits per heavy atom. The third-order valence-corrected chi connectivity index (χ3v) is 5.70. The number of alkyl halides is 3. The highest BCUT2D eigenvalue weighted by molar-refractivity contribution is 5.97. The van der Waals surface area contributed by atoms with Gasteiger partial charge in [0.2, 0.25) is 0 Å². The smallest absolute Gasteiger partial charge is 0.405 e. The van der Waals surface area contributed by atoms with Crippen molar-refractivity contribution >= 4 is 11.4 Å². The van der Waals surface area contributed by atoms with Crippen molar-refractivity contribution in [2.45, 2.75) is 25.7 Å². The van der Waals surface area contributed by atoms with Crippen LogP contribution < -0.4 is 4.74 Å². The molecule has 1 aromatic carbocycles. The summed E-state index contributed by atoms with van der Waals surface area (Å²) >= 11 is 0. The lowest BCUT2D eigenvalue weighted by molar-refractivity contribution is -0.275. The first kappa shape index (κ1) is 20.9. The van der Waals surface area contributed by atoms with Crippen LogP contribution in [0.5, 0.6) is 5.75 Å².